The van der Waals surface area contributed by atoms with E-state index in [1.54, 1.807) is 6.07 Å². The van der Waals surface area contributed by atoms with Gasteiger partial charge in [0, 0.05) is 14.5 Å². The minimum absolute atomic E-state index is 0.282. The van der Waals surface area contributed by atoms with Crippen molar-refractivity contribution in [2.24, 2.45) is 0 Å². The average Bonchev–Trinajstić information content (AvgIpc) is 2.38. The molecule has 0 unspecified atom stereocenters. The predicted octanol–water partition coefficient (Wildman–Crippen LogP) is 4.45. The molecule has 98 valence electrons. The molecule has 0 fully saturated rings. The number of halogens is 2. The second kappa shape index (κ2) is 7.05. The van der Waals surface area contributed by atoms with E-state index in [0.717, 1.165) is 14.5 Å². The second-order valence-corrected chi connectivity index (χ2v) is 6.19. The molecule has 0 saturated carbocycles. The fraction of sp³-hybridized carbons (Fsp3) is 0.133. The number of ether oxygens (including phenoxy) is 1. The van der Waals surface area contributed by atoms with Crippen LogP contribution in [0.3, 0.4) is 0 Å². The first kappa shape index (κ1) is 14.5. The molecule has 0 aliphatic rings. The molecule has 2 aromatic carbocycles. The quantitative estimate of drug-likeness (QED) is 0.529. The number of hydrogen-bond acceptors (Lipinski definition) is 2. The van der Waals surface area contributed by atoms with Gasteiger partial charge < -0.3 is 4.74 Å². The molecule has 0 aliphatic heterocycles. The summed E-state index contributed by atoms with van der Waals surface area (Å²) in [5, 5.41) is 0. The molecule has 0 atom stereocenters. The number of hydrogen-bond donors (Lipinski definition) is 0. The minimum Gasteiger partial charge on any atom is -0.462 e. The number of benzene rings is 2. The fourth-order valence-electron chi connectivity index (χ4n) is 1.66. The fourth-order valence-corrected chi connectivity index (χ4v) is 3.25. The Labute approximate surface area is 134 Å². The van der Waals surface area contributed by atoms with E-state index in [1.165, 1.54) is 5.56 Å². The highest BCUT2D eigenvalue weighted by molar-refractivity contribution is 14.1. The molecule has 4 heteroatoms. The summed E-state index contributed by atoms with van der Waals surface area (Å²) in [7, 11) is 0. The molecule has 0 aliphatic carbocycles. The normalized spacial score (nSPS) is 10.2. The van der Waals surface area contributed by atoms with Crippen molar-refractivity contribution >= 4 is 44.5 Å². The van der Waals surface area contributed by atoms with Crippen LogP contribution in [0.15, 0.2) is 53.0 Å². The van der Waals surface area contributed by atoms with Gasteiger partial charge in [-0.1, -0.05) is 46.3 Å². The summed E-state index contributed by atoms with van der Waals surface area (Å²) < 4.78 is 7.16. The van der Waals surface area contributed by atoms with Gasteiger partial charge in [-0.3, -0.25) is 0 Å². The number of esters is 1. The average molecular weight is 431 g/mol. The topological polar surface area (TPSA) is 26.3 Å². The van der Waals surface area contributed by atoms with E-state index in [9.17, 15) is 4.79 Å². The molecule has 2 nitrogen and oxygen atoms in total. The van der Waals surface area contributed by atoms with E-state index < -0.39 is 0 Å². The Balaban J connectivity index is 1.91. The lowest BCUT2D eigenvalue weighted by Gasteiger charge is -2.06. The van der Waals surface area contributed by atoms with Crippen LogP contribution in [0.25, 0.3) is 0 Å². The standard InChI is InChI=1S/C15H12BrIO2/c16-13-8-12(9-14(17)10-13)15(18)19-7-6-11-4-2-1-3-5-11/h1-5,8-10H,6-7H2. The highest BCUT2D eigenvalue weighted by atomic mass is 127. The Morgan fingerprint density at radius 2 is 1.89 bits per heavy atom. The van der Waals surface area contributed by atoms with Gasteiger partial charge in [0.15, 0.2) is 0 Å². The second-order valence-electron chi connectivity index (χ2n) is 4.03. The van der Waals surface area contributed by atoms with Crippen molar-refractivity contribution < 1.29 is 9.53 Å². The minimum atomic E-state index is -0.282. The van der Waals surface area contributed by atoms with Crippen molar-refractivity contribution in [3.8, 4) is 0 Å². The van der Waals surface area contributed by atoms with Crippen LogP contribution in [-0.2, 0) is 11.2 Å². The van der Waals surface area contributed by atoms with Crippen LogP contribution in [0.4, 0.5) is 0 Å². The lowest BCUT2D eigenvalue weighted by atomic mass is 10.2. The summed E-state index contributed by atoms with van der Waals surface area (Å²) in [6.45, 7) is 0.395. The molecule has 0 spiro atoms. The molecule has 2 aromatic rings. The zero-order valence-corrected chi connectivity index (χ0v) is 13.8. The summed E-state index contributed by atoms with van der Waals surface area (Å²) in [6, 6.07) is 15.5. The molecule has 0 saturated heterocycles. The van der Waals surface area contributed by atoms with Crippen molar-refractivity contribution in [1.82, 2.24) is 0 Å². The first-order valence-corrected chi connectivity index (χ1v) is 7.69. The maximum absolute atomic E-state index is 11.9. The Hall–Kier alpha value is -0.880. The maximum atomic E-state index is 11.9. The molecule has 0 heterocycles. The van der Waals surface area contributed by atoms with E-state index >= 15 is 0 Å². The van der Waals surface area contributed by atoms with E-state index in [-0.39, 0.29) is 5.97 Å². The molecule has 0 bridgehead atoms. The Morgan fingerprint density at radius 1 is 1.16 bits per heavy atom. The van der Waals surface area contributed by atoms with Crippen molar-refractivity contribution in [3.63, 3.8) is 0 Å². The van der Waals surface area contributed by atoms with Gasteiger partial charge in [0.1, 0.15) is 0 Å². The van der Waals surface area contributed by atoms with Crippen molar-refractivity contribution in [2.75, 3.05) is 6.61 Å². The number of rotatable bonds is 4. The third-order valence-corrected chi connectivity index (χ3v) is 3.65. The molecule has 2 rings (SSSR count). The van der Waals surface area contributed by atoms with Gasteiger partial charge in [0.2, 0.25) is 0 Å². The molecular weight excluding hydrogens is 419 g/mol. The zero-order chi connectivity index (χ0) is 13.7. The zero-order valence-electron chi connectivity index (χ0n) is 10.1. The first-order chi connectivity index (χ1) is 9.15. The lowest BCUT2D eigenvalue weighted by molar-refractivity contribution is 0.0509. The van der Waals surface area contributed by atoms with Gasteiger partial charge in [0.25, 0.3) is 0 Å². The van der Waals surface area contributed by atoms with Crippen molar-refractivity contribution in [3.05, 3.63) is 67.7 Å². The van der Waals surface area contributed by atoms with Crippen molar-refractivity contribution in [2.45, 2.75) is 6.42 Å². The van der Waals surface area contributed by atoms with E-state index in [4.69, 9.17) is 4.74 Å². The SMILES string of the molecule is O=C(OCCc1ccccc1)c1cc(Br)cc(I)c1. The maximum Gasteiger partial charge on any atom is 0.338 e. The molecule has 0 aromatic heterocycles. The first-order valence-electron chi connectivity index (χ1n) is 5.82. The lowest BCUT2D eigenvalue weighted by Crippen LogP contribution is -2.08. The van der Waals surface area contributed by atoms with Crippen molar-refractivity contribution in [1.29, 1.82) is 0 Å². The van der Waals surface area contributed by atoms with Gasteiger partial charge in [-0.25, -0.2) is 4.79 Å². The summed E-state index contributed by atoms with van der Waals surface area (Å²) in [6.07, 6.45) is 0.734. The molecule has 0 N–H and O–H groups in total. The molecule has 0 radical (unpaired) electrons. The highest BCUT2D eigenvalue weighted by Gasteiger charge is 2.08. The Bertz CT molecular complexity index is 549. The van der Waals surface area contributed by atoms with Crippen LogP contribution >= 0.6 is 38.5 Å². The highest BCUT2D eigenvalue weighted by Crippen LogP contribution is 2.18. The van der Waals surface area contributed by atoms with E-state index in [1.807, 2.05) is 42.5 Å². The summed E-state index contributed by atoms with van der Waals surface area (Å²) in [5.41, 5.74) is 1.74. The van der Waals surface area contributed by atoms with Gasteiger partial charge in [-0.05, 0) is 46.4 Å². The third-order valence-electron chi connectivity index (χ3n) is 2.56. The van der Waals surface area contributed by atoms with Gasteiger partial charge in [-0.2, -0.15) is 0 Å². The van der Waals surface area contributed by atoms with Gasteiger partial charge >= 0.3 is 5.97 Å². The van der Waals surface area contributed by atoms with Crippen LogP contribution in [0, 0.1) is 3.57 Å². The molecule has 19 heavy (non-hydrogen) atoms. The van der Waals surface area contributed by atoms with E-state index in [0.29, 0.717) is 12.2 Å². The van der Waals surface area contributed by atoms with Crippen LogP contribution in [0.5, 0.6) is 0 Å². The van der Waals surface area contributed by atoms with Gasteiger partial charge in [-0.15, -0.1) is 0 Å². The Morgan fingerprint density at radius 3 is 2.58 bits per heavy atom. The molecule has 0 amide bonds. The monoisotopic (exact) mass is 430 g/mol. The van der Waals surface area contributed by atoms with Crippen LogP contribution in [-0.4, -0.2) is 12.6 Å². The van der Waals surface area contributed by atoms with Gasteiger partial charge in [0.05, 0.1) is 12.2 Å². The summed E-state index contributed by atoms with van der Waals surface area (Å²) >= 11 is 5.55. The Kier molecular flexibility index (Phi) is 5.39. The third kappa shape index (κ3) is 4.62. The smallest absolute Gasteiger partial charge is 0.338 e. The summed E-state index contributed by atoms with van der Waals surface area (Å²) in [4.78, 5) is 11.9. The van der Waals surface area contributed by atoms with Crippen LogP contribution in [0.2, 0.25) is 0 Å². The van der Waals surface area contributed by atoms with Crippen LogP contribution < -0.4 is 0 Å². The number of carbonyl (C=O) groups excluding carboxylic acids is 1. The van der Waals surface area contributed by atoms with E-state index in [2.05, 4.69) is 38.5 Å². The molecular formula is C15H12BrIO2. The predicted molar refractivity (Wildman–Crippen MR) is 87.3 cm³/mol. The largest absolute Gasteiger partial charge is 0.462 e. The number of carbonyl (C=O) groups is 1. The summed E-state index contributed by atoms with van der Waals surface area (Å²) in [5.74, 6) is -0.282. The van der Waals surface area contributed by atoms with Crippen LogP contribution in [0.1, 0.15) is 15.9 Å².